The van der Waals surface area contributed by atoms with E-state index in [9.17, 15) is 9.59 Å². The third kappa shape index (κ3) is 4.69. The van der Waals surface area contributed by atoms with Gasteiger partial charge in [-0.05, 0) is 49.3 Å². The molecule has 5 rings (SSSR count). The number of benzene rings is 1. The number of amides is 1. The van der Waals surface area contributed by atoms with Crippen LogP contribution >= 0.6 is 0 Å². The Labute approximate surface area is 211 Å². The molecule has 190 valence electrons. The zero-order valence-corrected chi connectivity index (χ0v) is 21.2. The normalized spacial score (nSPS) is 18.2. The highest BCUT2D eigenvalue weighted by molar-refractivity contribution is 6.11. The van der Waals surface area contributed by atoms with Crippen LogP contribution in [0.15, 0.2) is 36.5 Å². The number of ether oxygens (including phenoxy) is 2. The zero-order chi connectivity index (χ0) is 25.2. The van der Waals surface area contributed by atoms with Crippen molar-refractivity contribution in [3.63, 3.8) is 0 Å². The van der Waals surface area contributed by atoms with Gasteiger partial charge >= 0.3 is 5.97 Å². The van der Waals surface area contributed by atoms with Gasteiger partial charge in [0.1, 0.15) is 5.65 Å². The lowest BCUT2D eigenvalue weighted by Crippen LogP contribution is -2.23. The van der Waals surface area contributed by atoms with Crippen LogP contribution in [0, 0.1) is 5.92 Å². The summed E-state index contributed by atoms with van der Waals surface area (Å²) < 4.78 is 12.9. The number of methoxy groups -OCH3 is 1. The summed E-state index contributed by atoms with van der Waals surface area (Å²) in [6.07, 6.45) is 6.27. The van der Waals surface area contributed by atoms with Gasteiger partial charge in [0.05, 0.1) is 37.3 Å². The molecular weight excluding hydrogens is 456 g/mol. The van der Waals surface area contributed by atoms with E-state index in [1.807, 2.05) is 24.5 Å². The Balaban J connectivity index is 1.54. The number of aromatic nitrogens is 2. The molecule has 2 aliphatic rings. The molecular formula is C28H34N4O4. The van der Waals surface area contributed by atoms with Crippen LogP contribution < -0.4 is 10.6 Å². The van der Waals surface area contributed by atoms with E-state index in [4.69, 9.17) is 14.5 Å². The zero-order valence-electron chi connectivity index (χ0n) is 21.2. The summed E-state index contributed by atoms with van der Waals surface area (Å²) in [5.74, 6) is -0.840. The van der Waals surface area contributed by atoms with Crippen molar-refractivity contribution in [2.75, 3.05) is 24.4 Å². The second-order valence-corrected chi connectivity index (χ2v) is 9.87. The van der Waals surface area contributed by atoms with Crippen molar-refractivity contribution in [1.82, 2.24) is 9.55 Å². The first-order valence-electron chi connectivity index (χ1n) is 12.8. The van der Waals surface area contributed by atoms with Crippen LogP contribution in [0.25, 0.3) is 11.0 Å². The molecule has 2 atom stereocenters. The molecule has 1 fully saturated rings. The van der Waals surface area contributed by atoms with Gasteiger partial charge in [-0.1, -0.05) is 38.1 Å². The van der Waals surface area contributed by atoms with Gasteiger partial charge in [0.2, 0.25) is 5.91 Å². The molecule has 0 radical (unpaired) electrons. The molecule has 0 saturated carbocycles. The van der Waals surface area contributed by atoms with E-state index in [2.05, 4.69) is 34.9 Å². The Kier molecular flexibility index (Phi) is 6.96. The van der Waals surface area contributed by atoms with Crippen molar-refractivity contribution in [3.05, 3.63) is 53.3 Å². The summed E-state index contributed by atoms with van der Waals surface area (Å²) in [7, 11) is 1.36. The van der Waals surface area contributed by atoms with Crippen molar-refractivity contribution in [1.29, 1.82) is 0 Å². The molecule has 1 aromatic carbocycles. The second-order valence-electron chi connectivity index (χ2n) is 9.87. The fourth-order valence-electron chi connectivity index (χ4n) is 5.24. The molecule has 2 N–H and O–H groups in total. The molecule has 0 unspecified atom stereocenters. The lowest BCUT2D eigenvalue weighted by atomic mass is 10.1. The van der Waals surface area contributed by atoms with E-state index in [1.54, 1.807) is 6.20 Å². The average Bonchev–Trinajstić information content (AvgIpc) is 3.61. The van der Waals surface area contributed by atoms with Gasteiger partial charge < -0.3 is 24.7 Å². The number of carbonyl (C=O) groups is 2. The third-order valence-corrected chi connectivity index (χ3v) is 7.42. The molecule has 3 heterocycles. The maximum atomic E-state index is 13.0. The van der Waals surface area contributed by atoms with Crippen LogP contribution in [0.5, 0.6) is 0 Å². The quantitative estimate of drug-likeness (QED) is 0.450. The third-order valence-electron chi connectivity index (χ3n) is 7.42. The SMILES string of the molecule is CC[C@H](C)C(=O)Nc1c(C(=O)OC)n(C[C@@H]2CCCO2)c2ncc(NC3Cc4ccccc4C3)cc12. The Morgan fingerprint density at radius 3 is 2.64 bits per heavy atom. The van der Waals surface area contributed by atoms with Crippen LogP contribution in [0.2, 0.25) is 0 Å². The Morgan fingerprint density at radius 1 is 1.25 bits per heavy atom. The summed E-state index contributed by atoms with van der Waals surface area (Å²) in [6.45, 7) is 5.02. The number of nitrogens with one attached hydrogen (secondary N) is 2. The molecule has 8 nitrogen and oxygen atoms in total. The number of rotatable bonds is 8. The minimum absolute atomic E-state index is 0.0151. The lowest BCUT2D eigenvalue weighted by molar-refractivity contribution is -0.119. The fourth-order valence-corrected chi connectivity index (χ4v) is 5.24. The molecule has 3 aromatic rings. The van der Waals surface area contributed by atoms with Gasteiger partial charge in [0.15, 0.2) is 5.69 Å². The number of hydrogen-bond acceptors (Lipinski definition) is 6. The first kappa shape index (κ1) is 24.3. The highest BCUT2D eigenvalue weighted by Gasteiger charge is 2.30. The molecule has 8 heteroatoms. The number of pyridine rings is 1. The van der Waals surface area contributed by atoms with E-state index in [1.165, 1.54) is 18.2 Å². The van der Waals surface area contributed by atoms with E-state index < -0.39 is 5.97 Å². The highest BCUT2D eigenvalue weighted by atomic mass is 16.5. The first-order chi connectivity index (χ1) is 17.5. The summed E-state index contributed by atoms with van der Waals surface area (Å²) in [6, 6.07) is 10.7. The standard InChI is InChI=1S/C28H34N4O4/c1-4-17(2)27(33)31-24-23-14-21(30-20-12-18-8-5-6-9-19(18)13-20)15-29-26(23)32(25(24)28(34)35-3)16-22-10-7-11-36-22/h5-6,8-9,14-15,17,20,22,30H,4,7,10-13,16H2,1-3H3,(H,31,33)/t17-,22-/m0/s1. The van der Waals surface area contributed by atoms with Crippen LogP contribution in [0.4, 0.5) is 11.4 Å². The number of fused-ring (bicyclic) bond motifs is 2. The summed E-state index contributed by atoms with van der Waals surface area (Å²) in [4.78, 5) is 30.8. The number of anilines is 2. The number of esters is 1. The number of carbonyl (C=O) groups excluding carboxylic acids is 2. The van der Waals surface area contributed by atoms with Crippen molar-refractivity contribution in [2.24, 2.45) is 5.92 Å². The van der Waals surface area contributed by atoms with Crippen LogP contribution in [-0.2, 0) is 33.7 Å². The minimum Gasteiger partial charge on any atom is -0.464 e. The topological polar surface area (TPSA) is 94.5 Å². The Morgan fingerprint density at radius 2 is 2.00 bits per heavy atom. The van der Waals surface area contributed by atoms with Crippen molar-refractivity contribution in [3.8, 4) is 0 Å². The van der Waals surface area contributed by atoms with E-state index in [-0.39, 0.29) is 24.0 Å². The molecule has 1 saturated heterocycles. The van der Waals surface area contributed by atoms with Gasteiger partial charge in [-0.15, -0.1) is 0 Å². The van der Waals surface area contributed by atoms with E-state index in [0.717, 1.165) is 31.4 Å². The summed E-state index contributed by atoms with van der Waals surface area (Å²) >= 11 is 0. The van der Waals surface area contributed by atoms with E-state index >= 15 is 0 Å². The largest absolute Gasteiger partial charge is 0.464 e. The molecule has 2 aromatic heterocycles. The lowest BCUT2D eigenvalue weighted by Gasteiger charge is -2.15. The molecule has 1 amide bonds. The van der Waals surface area contributed by atoms with Crippen LogP contribution in [0.3, 0.4) is 0 Å². The van der Waals surface area contributed by atoms with E-state index in [0.29, 0.717) is 42.0 Å². The minimum atomic E-state index is -0.508. The predicted octanol–water partition coefficient (Wildman–Crippen LogP) is 4.57. The first-order valence-corrected chi connectivity index (χ1v) is 12.8. The van der Waals surface area contributed by atoms with Crippen molar-refractivity contribution < 1.29 is 19.1 Å². The summed E-state index contributed by atoms with van der Waals surface area (Å²) in [5.41, 5.74) is 4.96. The monoisotopic (exact) mass is 490 g/mol. The molecule has 1 aliphatic heterocycles. The second kappa shape index (κ2) is 10.3. The van der Waals surface area contributed by atoms with Gasteiger partial charge in [-0.25, -0.2) is 9.78 Å². The van der Waals surface area contributed by atoms with Gasteiger partial charge in [-0.2, -0.15) is 0 Å². The maximum absolute atomic E-state index is 13.0. The fraction of sp³-hybridized carbons (Fsp3) is 0.464. The average molecular weight is 491 g/mol. The van der Waals surface area contributed by atoms with Gasteiger partial charge in [0, 0.05) is 24.0 Å². The Hall–Kier alpha value is -3.39. The molecule has 1 aliphatic carbocycles. The molecule has 0 bridgehead atoms. The maximum Gasteiger partial charge on any atom is 0.356 e. The summed E-state index contributed by atoms with van der Waals surface area (Å²) in [5, 5.41) is 7.36. The smallest absolute Gasteiger partial charge is 0.356 e. The van der Waals surface area contributed by atoms with Gasteiger partial charge in [0.25, 0.3) is 0 Å². The number of nitrogens with zero attached hydrogens (tertiary/aromatic N) is 2. The highest BCUT2D eigenvalue weighted by Crippen LogP contribution is 2.35. The molecule has 0 spiro atoms. The van der Waals surface area contributed by atoms with Crippen LogP contribution in [0.1, 0.15) is 54.7 Å². The molecule has 36 heavy (non-hydrogen) atoms. The number of hydrogen-bond donors (Lipinski definition) is 2. The predicted molar refractivity (Wildman–Crippen MR) is 139 cm³/mol. The van der Waals surface area contributed by atoms with Crippen molar-refractivity contribution >= 4 is 34.3 Å². The van der Waals surface area contributed by atoms with Gasteiger partial charge in [-0.3, -0.25) is 4.79 Å². The van der Waals surface area contributed by atoms with Crippen LogP contribution in [-0.4, -0.2) is 47.3 Å². The Bertz CT molecular complexity index is 1250. The van der Waals surface area contributed by atoms with Crippen molar-refractivity contribution in [2.45, 2.75) is 64.6 Å².